The van der Waals surface area contributed by atoms with E-state index in [9.17, 15) is 14.0 Å². The van der Waals surface area contributed by atoms with Crippen LogP contribution in [-0.2, 0) is 17.8 Å². The topological polar surface area (TPSA) is 55.8 Å². The second kappa shape index (κ2) is 10.3. The van der Waals surface area contributed by atoms with Gasteiger partial charge in [0.05, 0.1) is 24.7 Å². The number of carbonyl (C=O) groups excluding carboxylic acids is 2. The van der Waals surface area contributed by atoms with E-state index in [1.54, 1.807) is 30.4 Å². The van der Waals surface area contributed by atoms with E-state index < -0.39 is 0 Å². The van der Waals surface area contributed by atoms with Gasteiger partial charge in [-0.3, -0.25) is 14.5 Å². The number of benzene rings is 2. The number of allylic oxidation sites excluding steroid dienone is 1. The highest BCUT2D eigenvalue weighted by Crippen LogP contribution is 2.37. The molecular weight excluding hydrogens is 417 g/mol. The summed E-state index contributed by atoms with van der Waals surface area (Å²) in [6.45, 7) is 8.63. The summed E-state index contributed by atoms with van der Waals surface area (Å²) in [6, 6.07) is 9.44. The van der Waals surface area contributed by atoms with E-state index in [4.69, 9.17) is 9.47 Å². The average molecular weight is 442 g/mol. The van der Waals surface area contributed by atoms with Crippen LogP contribution in [0, 0.1) is 5.82 Å². The van der Waals surface area contributed by atoms with Gasteiger partial charge in [0, 0.05) is 5.56 Å². The Bertz CT molecular complexity index is 1020. The van der Waals surface area contributed by atoms with Crippen molar-refractivity contribution in [1.82, 2.24) is 4.90 Å². The quantitative estimate of drug-likeness (QED) is 0.375. The zero-order chi connectivity index (χ0) is 22.4. The number of rotatable bonds is 9. The molecule has 0 unspecified atom stereocenters. The number of nitrogens with zero attached hydrogens (tertiary/aromatic N) is 1. The first kappa shape index (κ1) is 22.6. The molecule has 0 aromatic heterocycles. The van der Waals surface area contributed by atoms with Gasteiger partial charge >= 0.3 is 0 Å². The number of thioether (sulfide) groups is 1. The summed E-state index contributed by atoms with van der Waals surface area (Å²) in [5, 5.41) is -0.358. The zero-order valence-electron chi connectivity index (χ0n) is 17.5. The third-order valence-electron chi connectivity index (χ3n) is 4.53. The second-order valence-corrected chi connectivity index (χ2v) is 7.75. The molecule has 0 N–H and O–H groups in total. The van der Waals surface area contributed by atoms with Crippen molar-refractivity contribution in [1.29, 1.82) is 0 Å². The van der Waals surface area contributed by atoms with Crippen LogP contribution in [0.4, 0.5) is 9.18 Å². The number of ether oxygens (including phenoxy) is 2. The predicted molar refractivity (Wildman–Crippen MR) is 121 cm³/mol. The monoisotopic (exact) mass is 441 g/mol. The van der Waals surface area contributed by atoms with Gasteiger partial charge in [-0.25, -0.2) is 4.39 Å². The van der Waals surface area contributed by atoms with Crippen LogP contribution in [0.25, 0.3) is 6.08 Å². The molecule has 0 radical (unpaired) electrons. The number of hydrogen-bond donors (Lipinski definition) is 0. The minimum Gasteiger partial charge on any atom is -0.490 e. The van der Waals surface area contributed by atoms with Gasteiger partial charge in [-0.15, -0.1) is 6.58 Å². The number of imide groups is 1. The highest BCUT2D eigenvalue weighted by molar-refractivity contribution is 8.18. The fourth-order valence-electron chi connectivity index (χ4n) is 3.20. The van der Waals surface area contributed by atoms with Crippen molar-refractivity contribution in [2.24, 2.45) is 0 Å². The van der Waals surface area contributed by atoms with Crippen LogP contribution in [0.3, 0.4) is 0 Å². The van der Waals surface area contributed by atoms with Gasteiger partial charge in [-0.05, 0) is 73.5 Å². The summed E-state index contributed by atoms with van der Waals surface area (Å²) < 4.78 is 24.6. The Balaban J connectivity index is 1.91. The smallest absolute Gasteiger partial charge is 0.293 e. The molecule has 0 aliphatic carbocycles. The van der Waals surface area contributed by atoms with Gasteiger partial charge in [0.15, 0.2) is 11.5 Å². The Hall–Kier alpha value is -3.06. The maximum atomic E-state index is 13.1. The molecule has 7 heteroatoms. The minimum absolute atomic E-state index is 0.0947. The van der Waals surface area contributed by atoms with Gasteiger partial charge < -0.3 is 9.47 Å². The number of amides is 2. The lowest BCUT2D eigenvalue weighted by Crippen LogP contribution is -2.27. The zero-order valence-corrected chi connectivity index (χ0v) is 18.3. The van der Waals surface area contributed by atoms with Crippen LogP contribution in [0.1, 0.15) is 30.5 Å². The molecule has 1 aliphatic rings. The Labute approximate surface area is 185 Å². The first-order valence-corrected chi connectivity index (χ1v) is 10.8. The van der Waals surface area contributed by atoms with Crippen LogP contribution in [0.2, 0.25) is 0 Å². The van der Waals surface area contributed by atoms with Crippen LogP contribution in [-0.4, -0.2) is 29.3 Å². The summed E-state index contributed by atoms with van der Waals surface area (Å²) in [4.78, 5) is 26.8. The van der Waals surface area contributed by atoms with Crippen LogP contribution >= 0.6 is 11.8 Å². The summed E-state index contributed by atoms with van der Waals surface area (Å²) in [5.74, 6) is 0.497. The van der Waals surface area contributed by atoms with E-state index >= 15 is 0 Å². The lowest BCUT2D eigenvalue weighted by molar-refractivity contribution is -0.123. The molecule has 0 spiro atoms. The van der Waals surface area contributed by atoms with Crippen molar-refractivity contribution >= 4 is 29.0 Å². The molecule has 2 amide bonds. The first-order valence-electron chi connectivity index (χ1n) is 10.00. The maximum Gasteiger partial charge on any atom is 0.293 e. The van der Waals surface area contributed by atoms with E-state index in [1.807, 2.05) is 19.9 Å². The van der Waals surface area contributed by atoms with E-state index in [0.717, 1.165) is 27.8 Å². The Morgan fingerprint density at radius 2 is 1.81 bits per heavy atom. The SMILES string of the molecule is C=CCc1cc(/C=C2/SC(=O)N(Cc3ccc(F)cc3)C2=O)cc(OCC)c1OCC. The van der Waals surface area contributed by atoms with Crippen LogP contribution < -0.4 is 9.47 Å². The Morgan fingerprint density at radius 1 is 1.10 bits per heavy atom. The van der Waals surface area contributed by atoms with Gasteiger partial charge in [0.1, 0.15) is 5.82 Å². The molecule has 3 rings (SSSR count). The van der Waals surface area contributed by atoms with Crippen molar-refractivity contribution in [2.45, 2.75) is 26.8 Å². The maximum absolute atomic E-state index is 13.1. The molecule has 1 fully saturated rings. The lowest BCUT2D eigenvalue weighted by atomic mass is 10.0. The van der Waals surface area contributed by atoms with Crippen LogP contribution in [0.15, 0.2) is 54.0 Å². The van der Waals surface area contributed by atoms with Crippen molar-refractivity contribution in [3.8, 4) is 11.5 Å². The fourth-order valence-corrected chi connectivity index (χ4v) is 4.04. The molecule has 31 heavy (non-hydrogen) atoms. The van der Waals surface area contributed by atoms with Gasteiger partial charge in [-0.1, -0.05) is 18.2 Å². The summed E-state index contributed by atoms with van der Waals surface area (Å²) >= 11 is 0.884. The normalized spacial score (nSPS) is 14.9. The minimum atomic E-state index is -0.378. The van der Waals surface area contributed by atoms with Gasteiger partial charge in [-0.2, -0.15) is 0 Å². The predicted octanol–water partition coefficient (Wildman–Crippen LogP) is 5.59. The molecule has 1 heterocycles. The molecule has 1 saturated heterocycles. The summed E-state index contributed by atoms with van der Waals surface area (Å²) in [7, 11) is 0. The molecule has 0 saturated carbocycles. The lowest BCUT2D eigenvalue weighted by Gasteiger charge is -2.16. The Morgan fingerprint density at radius 3 is 2.45 bits per heavy atom. The van der Waals surface area contributed by atoms with Gasteiger partial charge in [0.25, 0.3) is 11.1 Å². The highest BCUT2D eigenvalue weighted by Gasteiger charge is 2.35. The number of halogens is 1. The highest BCUT2D eigenvalue weighted by atomic mass is 32.2. The number of carbonyl (C=O) groups is 2. The fraction of sp³-hybridized carbons (Fsp3) is 0.250. The molecule has 162 valence electrons. The van der Waals surface area contributed by atoms with E-state index in [-0.39, 0.29) is 23.5 Å². The molecule has 0 atom stereocenters. The van der Waals surface area contributed by atoms with E-state index in [1.165, 1.54) is 12.1 Å². The second-order valence-electron chi connectivity index (χ2n) is 6.76. The van der Waals surface area contributed by atoms with E-state index in [0.29, 0.717) is 41.6 Å². The molecule has 0 bridgehead atoms. The molecule has 2 aromatic carbocycles. The summed E-state index contributed by atoms with van der Waals surface area (Å²) in [5.41, 5.74) is 2.30. The molecule has 1 aliphatic heterocycles. The van der Waals surface area contributed by atoms with Crippen molar-refractivity contribution < 1.29 is 23.5 Å². The van der Waals surface area contributed by atoms with E-state index in [2.05, 4.69) is 6.58 Å². The van der Waals surface area contributed by atoms with Crippen molar-refractivity contribution in [3.05, 3.63) is 76.5 Å². The molecule has 2 aromatic rings. The Kier molecular flexibility index (Phi) is 7.52. The average Bonchev–Trinajstić information content (AvgIpc) is 3.00. The molecular formula is C24H24FNO4S. The third-order valence-corrected chi connectivity index (χ3v) is 5.44. The largest absolute Gasteiger partial charge is 0.490 e. The van der Waals surface area contributed by atoms with Crippen molar-refractivity contribution in [2.75, 3.05) is 13.2 Å². The summed E-state index contributed by atoms with van der Waals surface area (Å²) in [6.07, 6.45) is 4.03. The van der Waals surface area contributed by atoms with Gasteiger partial charge in [0.2, 0.25) is 0 Å². The molecule has 5 nitrogen and oxygen atoms in total. The third kappa shape index (κ3) is 5.35. The first-order chi connectivity index (χ1) is 15.0. The number of hydrogen-bond acceptors (Lipinski definition) is 5. The standard InChI is InChI=1S/C24H24FNO4S/c1-4-7-18-12-17(13-20(29-5-2)22(18)30-6-3)14-21-23(27)26(24(28)31-21)15-16-8-10-19(25)11-9-16/h4,8-14H,1,5-7,15H2,2-3H3/b21-14+. The van der Waals surface area contributed by atoms with Crippen LogP contribution in [0.5, 0.6) is 11.5 Å². The van der Waals surface area contributed by atoms with Crippen molar-refractivity contribution in [3.63, 3.8) is 0 Å².